The Hall–Kier alpha value is -13.7. The summed E-state index contributed by atoms with van der Waals surface area (Å²) >= 11 is 0.835. The lowest BCUT2D eigenvalue weighted by Crippen LogP contribution is -2.61. The summed E-state index contributed by atoms with van der Waals surface area (Å²) in [5, 5.41) is 56.0. The number of likely N-dealkylation sites (N-methyl/N-ethyl adjacent to an activating group) is 4. The van der Waals surface area contributed by atoms with E-state index < -0.39 is 198 Å². The van der Waals surface area contributed by atoms with Gasteiger partial charge < -0.3 is 98.4 Å². The molecular weight excluding hydrogens is 1700 g/mol. The van der Waals surface area contributed by atoms with Crippen LogP contribution in [0.3, 0.4) is 0 Å². The van der Waals surface area contributed by atoms with Crippen LogP contribution in [-0.2, 0) is 115 Å². The number of carboxylic acids is 1. The number of aromatic nitrogens is 1. The molecule has 15 N–H and O–H groups in total. The summed E-state index contributed by atoms with van der Waals surface area (Å²) in [6, 6.07) is 26.2. The van der Waals surface area contributed by atoms with E-state index in [0.29, 0.717) is 57.1 Å². The molecule has 0 saturated carbocycles. The molecule has 700 valence electrons. The van der Waals surface area contributed by atoms with E-state index in [9.17, 15) is 53.7 Å². The zero-order chi connectivity index (χ0) is 95.3. The van der Waals surface area contributed by atoms with Gasteiger partial charge in [-0.25, -0.2) is 0 Å². The lowest BCUT2D eigenvalue weighted by atomic mass is 9.98. The van der Waals surface area contributed by atoms with Crippen LogP contribution < -0.4 is 53.6 Å². The number of carboxylic acid groups (broad SMARTS) is 1. The Morgan fingerprint density at radius 1 is 0.489 bits per heavy atom. The highest BCUT2D eigenvalue weighted by Gasteiger charge is 2.45. The van der Waals surface area contributed by atoms with Crippen LogP contribution in [-0.4, -0.2) is 271 Å². The van der Waals surface area contributed by atoms with Crippen LogP contribution in [0.25, 0.3) is 10.9 Å². The minimum atomic E-state index is -1.89. The first-order chi connectivity index (χ1) is 62.5. The molecule has 6 aromatic carbocycles. The number of nitrogens with zero attached hydrogens (tertiary/aromatic N) is 5. The van der Waals surface area contributed by atoms with Gasteiger partial charge in [0.25, 0.3) is 0 Å². The predicted molar refractivity (Wildman–Crippen MR) is 489 cm³/mol. The number of phenols is 2. The lowest BCUT2D eigenvalue weighted by molar-refractivity contribution is -0.152. The SMILES string of the molecule is CCCC[C@H]1C(=O)N2CCC[C@@H]2C(=O)N[C@@H](CC(=O)O)C(=O)N[C@@H](C(C)C)C(=O)N(C)[C@@H](Cc2ccccc2)C(=O)N[C@@H](Cc2ccc(O)cc2)C(=O)N(C)CC(=O)N[C@@H](Cc2c[nH]c3ccccc23)C(=O)N[C@@H](Cc2ccc(O)cc2)C(=O)N[C@@H](CC(C)C)C(=O)N[C@H](C(=O)NCC(N)=O)CSCC(=O)N[C@@H](Cc2ccccc2)C(=O)N(C)[C@@H](Cc2ccccc2)C(=O)N1C. The normalized spacial score (nSPS) is 22.7. The highest BCUT2D eigenvalue weighted by molar-refractivity contribution is 8.00. The number of aromatic amines is 1. The number of para-hydroxylation sites is 1. The number of primary amides is 1. The molecule has 2 saturated heterocycles. The van der Waals surface area contributed by atoms with Gasteiger partial charge in [0.15, 0.2) is 0 Å². The number of benzene rings is 6. The van der Waals surface area contributed by atoms with Crippen molar-refractivity contribution in [3.05, 3.63) is 203 Å². The van der Waals surface area contributed by atoms with E-state index in [1.54, 1.807) is 149 Å². The third kappa shape index (κ3) is 29.4. The number of carbonyl (C=O) groups excluding carboxylic acids is 15. The van der Waals surface area contributed by atoms with Crippen molar-refractivity contribution in [2.24, 2.45) is 17.6 Å². The van der Waals surface area contributed by atoms with Gasteiger partial charge in [-0.2, -0.15) is 0 Å². The number of rotatable bonds is 23. The van der Waals surface area contributed by atoms with Gasteiger partial charge in [-0.05, 0) is 101 Å². The highest BCUT2D eigenvalue weighted by Crippen LogP contribution is 2.27. The second-order valence-electron chi connectivity index (χ2n) is 34.0. The number of nitrogens with two attached hydrogens (primary N) is 1. The summed E-state index contributed by atoms with van der Waals surface area (Å²) < 4.78 is 0. The molecule has 0 aliphatic carbocycles. The van der Waals surface area contributed by atoms with Gasteiger partial charge in [0.05, 0.1) is 25.3 Å². The number of aromatic hydroxyl groups is 2. The number of nitrogens with one attached hydrogen (secondary N) is 10. The van der Waals surface area contributed by atoms with Gasteiger partial charge in [-0.1, -0.05) is 181 Å². The lowest BCUT2D eigenvalue weighted by Gasteiger charge is -2.38. The quantitative estimate of drug-likeness (QED) is 0.0438. The highest BCUT2D eigenvalue weighted by atomic mass is 32.2. The van der Waals surface area contributed by atoms with E-state index >= 15 is 38.4 Å². The summed E-state index contributed by atoms with van der Waals surface area (Å²) in [7, 11) is 5.35. The van der Waals surface area contributed by atoms with Crippen molar-refractivity contribution in [3.8, 4) is 11.5 Å². The van der Waals surface area contributed by atoms with E-state index in [-0.39, 0.29) is 93.9 Å². The monoisotopic (exact) mass is 1820 g/mol. The fourth-order valence-electron chi connectivity index (χ4n) is 15.9. The second-order valence-corrected chi connectivity index (χ2v) is 35.0. The summed E-state index contributed by atoms with van der Waals surface area (Å²) in [6.45, 7) is 7.03. The first-order valence-electron chi connectivity index (χ1n) is 43.8. The van der Waals surface area contributed by atoms with Crippen LogP contribution in [0, 0.1) is 11.8 Å². The van der Waals surface area contributed by atoms with E-state index in [4.69, 9.17) is 5.73 Å². The maximum atomic E-state index is 15.7. The summed E-state index contributed by atoms with van der Waals surface area (Å²) in [5.74, 6) is -17.1. The van der Waals surface area contributed by atoms with Crippen molar-refractivity contribution in [1.29, 1.82) is 0 Å². The number of thioether (sulfide) groups is 1. The van der Waals surface area contributed by atoms with Crippen molar-refractivity contribution in [3.63, 3.8) is 0 Å². The Bertz CT molecular complexity index is 5160. The number of carbonyl (C=O) groups is 16. The number of aliphatic carboxylic acids is 1. The number of unbranched alkanes of at least 4 members (excludes halogenated alkanes) is 1. The van der Waals surface area contributed by atoms with Crippen LogP contribution in [0.5, 0.6) is 11.5 Å². The molecule has 35 nitrogen and oxygen atoms in total. The third-order valence-corrected chi connectivity index (χ3v) is 24.2. The van der Waals surface area contributed by atoms with Crippen LogP contribution in [0.15, 0.2) is 170 Å². The third-order valence-electron chi connectivity index (χ3n) is 23.1. The van der Waals surface area contributed by atoms with Crippen molar-refractivity contribution in [2.45, 2.75) is 191 Å². The van der Waals surface area contributed by atoms with Crippen LogP contribution in [0.1, 0.15) is 113 Å². The zero-order valence-corrected chi connectivity index (χ0v) is 75.9. The molecule has 131 heavy (non-hydrogen) atoms. The van der Waals surface area contributed by atoms with Gasteiger partial charge in [0, 0.05) is 96.1 Å². The van der Waals surface area contributed by atoms with E-state index in [0.717, 1.165) is 21.6 Å². The Kier molecular flexibility index (Phi) is 37.5. The van der Waals surface area contributed by atoms with E-state index in [2.05, 4.69) is 52.8 Å². The zero-order valence-electron chi connectivity index (χ0n) is 75.1. The molecule has 0 unspecified atom stereocenters. The molecule has 36 heteroatoms. The number of hydrogen-bond donors (Lipinski definition) is 14. The summed E-state index contributed by atoms with van der Waals surface area (Å²) in [4.78, 5) is 246. The van der Waals surface area contributed by atoms with Gasteiger partial charge in [0.1, 0.15) is 84.0 Å². The molecule has 1 aromatic heterocycles. The largest absolute Gasteiger partial charge is 0.508 e. The van der Waals surface area contributed by atoms with E-state index in [1.165, 1.54) is 91.4 Å². The Morgan fingerprint density at radius 3 is 1.53 bits per heavy atom. The molecule has 0 bridgehead atoms. The minimum absolute atomic E-state index is 0.0215. The van der Waals surface area contributed by atoms with Gasteiger partial charge >= 0.3 is 5.97 Å². The van der Waals surface area contributed by atoms with Gasteiger partial charge in [0.2, 0.25) is 88.6 Å². The topological polar surface area (TPSA) is 500 Å². The Labute approximate surface area is 765 Å². The number of H-pyrrole nitrogens is 1. The van der Waals surface area contributed by atoms with Crippen LogP contribution >= 0.6 is 11.8 Å². The molecule has 3 heterocycles. The fraction of sp³-hybridized carbons (Fsp3) is 0.432. The summed E-state index contributed by atoms with van der Waals surface area (Å²) in [5.41, 5.74) is 9.16. The number of phenolic OH excluding ortho intramolecular Hbond substituents is 2. The average Bonchev–Trinajstić information content (AvgIpc) is 1.77. The molecule has 0 radical (unpaired) electrons. The molecule has 15 amide bonds. The maximum Gasteiger partial charge on any atom is 0.305 e. The molecular formula is C95H120N16O19S. The fourth-order valence-corrected chi connectivity index (χ4v) is 16.8. The molecule has 2 aliphatic heterocycles. The molecule has 2 fully saturated rings. The average molecular weight is 1820 g/mol. The van der Waals surface area contributed by atoms with Crippen molar-refractivity contribution >= 4 is 117 Å². The van der Waals surface area contributed by atoms with Gasteiger partial charge in [-0.3, -0.25) is 76.7 Å². The van der Waals surface area contributed by atoms with E-state index in [1.807, 2.05) is 6.92 Å². The van der Waals surface area contributed by atoms with Crippen molar-refractivity contribution in [2.75, 3.05) is 59.3 Å². The number of amides is 15. The smallest absolute Gasteiger partial charge is 0.305 e. The van der Waals surface area contributed by atoms with Gasteiger partial charge in [-0.15, -0.1) is 11.8 Å². The number of fused-ring (bicyclic) bond motifs is 2. The number of hydrogen-bond acceptors (Lipinski definition) is 19. The molecule has 7 aromatic rings. The van der Waals surface area contributed by atoms with Crippen LogP contribution in [0.4, 0.5) is 0 Å². The first kappa shape index (κ1) is 101. The predicted octanol–water partition coefficient (Wildman–Crippen LogP) is 2.86. The first-order valence-corrected chi connectivity index (χ1v) is 45.0. The van der Waals surface area contributed by atoms with Crippen molar-refractivity contribution < 1.29 is 92.0 Å². The standard InChI is InChI=1S/C95H120N16O19S/c1-10-11-32-76-94(129)111-42-23-33-75(111)89(124)103-71(50-82(117)118)88(123)106-83(57(4)5)95(130)109(8)77(47-59-26-17-13-18-27-59)90(125)104-72(46-62-36-40-65(113)41-37-62)91(126)107(6)53-80(115)99-70(49-63-51-97-67-31-22-21-30-66(63)67)87(122)102-69(44-61-34-38-64(112)39-35-61)86(121)101-68(43-56(2)3)85(120)105-74(84(119)98-52-79(96)114)54-131-55-81(116)100-73(45-58-24-15-12-16-25-58)92(127)110(9)78(93(128)108(76)7)48-60-28-19-14-20-29-60/h12-22,24-31,34-41,51,56-57,68-78,83,97,112-113H,10-11,23,32-33,42-50,52-55H2,1-9H3,(H2,96,114)(H,98,119)(H,99,115)(H,100,116)(H,101,121)(H,102,122)(H,103,124)(H,104,125)(H,105,120)(H,106,123)(H,117,118)/t68-,69-,70-,71-,72-,73-,74-,75+,76-,77-,78-,83-/m0/s1. The summed E-state index contributed by atoms with van der Waals surface area (Å²) in [6.07, 6.45) is 0.469. The maximum absolute atomic E-state index is 15.7. The van der Waals surface area contributed by atoms with Crippen molar-refractivity contribution in [1.82, 2.24) is 77.3 Å². The molecule has 9 rings (SSSR count). The Morgan fingerprint density at radius 2 is 0.969 bits per heavy atom. The second kappa shape index (κ2) is 48.7. The molecule has 2 aliphatic rings. The molecule has 0 spiro atoms. The Balaban J connectivity index is 1.12. The molecule has 12 atom stereocenters. The van der Waals surface area contributed by atoms with Crippen LogP contribution in [0.2, 0.25) is 0 Å². The minimum Gasteiger partial charge on any atom is -0.508 e.